The number of hydrogen-bond acceptors (Lipinski definition) is 14. The fourth-order valence-corrected chi connectivity index (χ4v) is 9.44. The molecule has 12 nitrogen and oxygen atoms in total. The van der Waals surface area contributed by atoms with Gasteiger partial charge in [0.15, 0.2) is 17.5 Å². The second kappa shape index (κ2) is 20.9. The van der Waals surface area contributed by atoms with Crippen molar-refractivity contribution in [2.45, 2.75) is 103 Å². The van der Waals surface area contributed by atoms with E-state index in [4.69, 9.17) is 28.4 Å². The second-order valence-corrected chi connectivity index (χ2v) is 20.3. The summed E-state index contributed by atoms with van der Waals surface area (Å²) in [6.07, 6.45) is -0.0882. The standard InChI is InChI=1S/C50H56F2O12S2/c1-47(2,20-23-59-40(55)29-61-36-19-17-34(52)42-44(57)32-13-9-11-15-38(32)66-46(36)42)62-25-22-50(7,58)26-30(53)27-64-48(3,4)21-24-63-49(5,6)39(54)28-60-35-18-16-33(51)41-43(56)31-12-8-10-14-37(31)65-45(35)41/h8-19,30,53,58H,20-29H2,1-7H3. The topological polar surface area (TPSA) is 164 Å². The molecule has 0 amide bonds. The van der Waals surface area contributed by atoms with Crippen molar-refractivity contribution >= 4 is 74.8 Å². The van der Waals surface area contributed by atoms with Gasteiger partial charge in [-0.1, -0.05) is 24.3 Å². The van der Waals surface area contributed by atoms with Crippen LogP contribution in [0.5, 0.6) is 11.5 Å². The van der Waals surface area contributed by atoms with Crippen molar-refractivity contribution in [3.8, 4) is 11.5 Å². The van der Waals surface area contributed by atoms with Gasteiger partial charge in [0, 0.05) is 33.0 Å². The van der Waals surface area contributed by atoms with Gasteiger partial charge in [-0.25, -0.2) is 13.6 Å². The third-order valence-corrected chi connectivity index (χ3v) is 13.6. The minimum Gasteiger partial charge on any atom is -0.484 e. The first-order valence-corrected chi connectivity index (χ1v) is 23.2. The Morgan fingerprint density at radius 3 is 1.68 bits per heavy atom. The van der Waals surface area contributed by atoms with Crippen molar-refractivity contribution in [2.24, 2.45) is 0 Å². The van der Waals surface area contributed by atoms with E-state index in [-0.39, 0.29) is 73.9 Å². The van der Waals surface area contributed by atoms with E-state index in [1.165, 1.54) is 34.8 Å². The van der Waals surface area contributed by atoms with Crippen molar-refractivity contribution < 1.29 is 57.0 Å². The molecule has 354 valence electrons. The number of rotatable bonds is 23. The van der Waals surface area contributed by atoms with Crippen molar-refractivity contribution in [3.05, 3.63) is 105 Å². The van der Waals surface area contributed by atoms with Gasteiger partial charge in [0.2, 0.25) is 5.78 Å². The van der Waals surface area contributed by atoms with E-state index in [2.05, 4.69) is 0 Å². The van der Waals surface area contributed by atoms with E-state index in [1.54, 1.807) is 69.3 Å². The zero-order valence-corrected chi connectivity index (χ0v) is 39.8. The maximum Gasteiger partial charge on any atom is 0.344 e. The molecule has 66 heavy (non-hydrogen) atoms. The third kappa shape index (κ3) is 12.7. The number of carbonyl (C=O) groups is 2. The van der Waals surface area contributed by atoms with E-state index in [0.29, 0.717) is 42.4 Å². The highest BCUT2D eigenvalue weighted by atomic mass is 32.1. The highest BCUT2D eigenvalue weighted by Gasteiger charge is 2.32. The fraction of sp³-hybridized carbons (Fsp3) is 0.440. The molecule has 0 spiro atoms. The number of esters is 1. The lowest BCUT2D eigenvalue weighted by atomic mass is 9.95. The van der Waals surface area contributed by atoms with Crippen molar-refractivity contribution in [1.29, 1.82) is 0 Å². The molecule has 2 heterocycles. The van der Waals surface area contributed by atoms with Crippen LogP contribution < -0.4 is 20.3 Å². The maximum absolute atomic E-state index is 14.8. The van der Waals surface area contributed by atoms with Crippen LogP contribution in [0.3, 0.4) is 0 Å². The van der Waals surface area contributed by atoms with Gasteiger partial charge < -0.3 is 38.6 Å². The summed E-state index contributed by atoms with van der Waals surface area (Å²) in [5.74, 6) is -1.92. The van der Waals surface area contributed by atoms with Crippen LogP contribution in [0.2, 0.25) is 0 Å². The minimum absolute atomic E-state index is 0.00932. The third-order valence-electron chi connectivity index (χ3n) is 11.3. The van der Waals surface area contributed by atoms with Gasteiger partial charge in [0.05, 0.1) is 69.5 Å². The fourth-order valence-electron chi connectivity index (χ4n) is 7.13. The summed E-state index contributed by atoms with van der Waals surface area (Å²) in [7, 11) is 0. The Labute approximate surface area is 389 Å². The smallest absolute Gasteiger partial charge is 0.344 e. The molecular weight excluding hydrogens is 895 g/mol. The van der Waals surface area contributed by atoms with Crippen LogP contribution in [0.15, 0.2) is 82.4 Å². The Kier molecular flexibility index (Phi) is 16.0. The Bertz CT molecular complexity index is 2830. The summed E-state index contributed by atoms with van der Waals surface area (Å²) in [5.41, 5.74) is -4.91. The van der Waals surface area contributed by atoms with Crippen LogP contribution >= 0.6 is 22.7 Å². The largest absolute Gasteiger partial charge is 0.484 e. The second-order valence-electron chi connectivity index (χ2n) is 18.2. The number of hydrogen-bond donors (Lipinski definition) is 2. The van der Waals surface area contributed by atoms with Gasteiger partial charge in [-0.2, -0.15) is 0 Å². The number of ketones is 1. The van der Waals surface area contributed by atoms with E-state index in [1.807, 2.05) is 27.7 Å². The average molecular weight is 951 g/mol. The van der Waals surface area contributed by atoms with Gasteiger partial charge in [0.25, 0.3) is 0 Å². The summed E-state index contributed by atoms with van der Waals surface area (Å²) in [6.45, 7) is 11.6. The van der Waals surface area contributed by atoms with Crippen molar-refractivity contribution in [1.82, 2.24) is 0 Å². The maximum atomic E-state index is 14.8. The van der Waals surface area contributed by atoms with E-state index in [9.17, 15) is 38.2 Å². The van der Waals surface area contributed by atoms with E-state index < -0.39 is 63.6 Å². The van der Waals surface area contributed by atoms with Crippen LogP contribution in [0, 0.1) is 11.6 Å². The number of ether oxygens (including phenoxy) is 6. The molecule has 0 aliphatic heterocycles. The van der Waals surface area contributed by atoms with Crippen LogP contribution in [-0.2, 0) is 28.5 Å². The molecule has 6 rings (SSSR count). The molecule has 4 aromatic carbocycles. The van der Waals surface area contributed by atoms with Gasteiger partial charge >= 0.3 is 5.97 Å². The number of aliphatic hydroxyl groups excluding tert-OH is 1. The molecule has 2 aromatic heterocycles. The van der Waals surface area contributed by atoms with Crippen molar-refractivity contribution in [2.75, 3.05) is 39.6 Å². The van der Waals surface area contributed by atoms with E-state index >= 15 is 0 Å². The number of fused-ring (bicyclic) bond motifs is 4. The lowest BCUT2D eigenvalue weighted by molar-refractivity contribution is -0.148. The predicted octanol–water partition coefficient (Wildman–Crippen LogP) is 9.05. The van der Waals surface area contributed by atoms with Gasteiger partial charge in [-0.05, 0) is 110 Å². The monoisotopic (exact) mass is 950 g/mol. The first-order chi connectivity index (χ1) is 31.1. The van der Waals surface area contributed by atoms with E-state index in [0.717, 1.165) is 12.1 Å². The molecule has 0 aliphatic rings. The first kappa shape index (κ1) is 50.5. The Hall–Kier alpha value is -4.94. The average Bonchev–Trinajstić information content (AvgIpc) is 3.24. The highest BCUT2D eigenvalue weighted by Crippen LogP contribution is 2.35. The number of carbonyl (C=O) groups excluding carboxylic acids is 2. The summed E-state index contributed by atoms with van der Waals surface area (Å²) in [6, 6.07) is 18.9. The van der Waals surface area contributed by atoms with Crippen LogP contribution in [0.1, 0.15) is 74.1 Å². The lowest BCUT2D eigenvalue weighted by Crippen LogP contribution is -2.40. The van der Waals surface area contributed by atoms with Gasteiger partial charge in [0.1, 0.15) is 35.3 Å². The molecule has 0 aliphatic carbocycles. The van der Waals surface area contributed by atoms with Crippen LogP contribution in [0.4, 0.5) is 8.78 Å². The first-order valence-electron chi connectivity index (χ1n) is 21.6. The quantitative estimate of drug-likeness (QED) is 0.0464. The molecule has 2 atom stereocenters. The van der Waals surface area contributed by atoms with Crippen LogP contribution in [0.25, 0.3) is 40.3 Å². The Morgan fingerprint density at radius 1 is 0.636 bits per heavy atom. The summed E-state index contributed by atoms with van der Waals surface area (Å²) < 4.78 is 66.3. The molecule has 0 fully saturated rings. The zero-order valence-electron chi connectivity index (χ0n) is 38.1. The van der Waals surface area contributed by atoms with Crippen molar-refractivity contribution in [3.63, 3.8) is 0 Å². The summed E-state index contributed by atoms with van der Waals surface area (Å²) >= 11 is 2.41. The molecule has 0 radical (unpaired) electrons. The predicted molar refractivity (Wildman–Crippen MR) is 253 cm³/mol. The lowest BCUT2D eigenvalue weighted by Gasteiger charge is -2.32. The molecular formula is C50H56F2O12S2. The molecule has 0 bridgehead atoms. The highest BCUT2D eigenvalue weighted by molar-refractivity contribution is 7.25. The SMILES string of the molecule is CC(O)(CCOC(C)(C)CCOC(=O)COc1ccc(F)c2c(=O)c3ccccc3sc12)CC(O)COC(C)(C)CCOC(C)(C)C(=O)COc1ccc(F)c2c(=O)c3ccccc3sc12. The number of aliphatic hydroxyl groups is 2. The Balaban J connectivity index is 0.874. The minimum atomic E-state index is -1.29. The Morgan fingerprint density at radius 2 is 1.12 bits per heavy atom. The molecule has 16 heteroatoms. The normalized spacial score (nSPS) is 13.9. The zero-order chi connectivity index (χ0) is 48.0. The van der Waals surface area contributed by atoms with Crippen LogP contribution in [-0.4, -0.2) is 90.1 Å². The molecule has 2 N–H and O–H groups in total. The molecule has 2 unspecified atom stereocenters. The number of halogens is 2. The van der Waals surface area contributed by atoms with Gasteiger partial charge in [-0.3, -0.25) is 14.4 Å². The molecule has 6 aromatic rings. The number of benzene rings is 4. The molecule has 0 saturated heterocycles. The summed E-state index contributed by atoms with van der Waals surface area (Å²) in [5, 5.41) is 22.5. The summed E-state index contributed by atoms with van der Waals surface area (Å²) in [4.78, 5) is 51.9. The molecule has 0 saturated carbocycles. The number of Topliss-reactive ketones (excluding diaryl/α,β-unsaturated/α-hetero) is 1. The van der Waals surface area contributed by atoms with Gasteiger partial charge in [-0.15, -0.1) is 22.7 Å².